The van der Waals surface area contributed by atoms with Gasteiger partial charge in [-0.1, -0.05) is 30.3 Å². The molecule has 0 saturated heterocycles. The van der Waals surface area contributed by atoms with Gasteiger partial charge in [0.05, 0.1) is 12.2 Å². The predicted molar refractivity (Wildman–Crippen MR) is 91.5 cm³/mol. The number of nitrogens with zero attached hydrogens (tertiary/aromatic N) is 2. The van der Waals surface area contributed by atoms with Crippen molar-refractivity contribution in [3.63, 3.8) is 0 Å². The molecule has 0 aliphatic heterocycles. The SMILES string of the molecule is CN=C(NCc1nc(C)c(C)o1)NCC1(c2ccccc2)CC1. The first-order valence-electron chi connectivity index (χ1n) is 8.06. The fraction of sp³-hybridized carbons (Fsp3) is 0.444. The van der Waals surface area contributed by atoms with Gasteiger partial charge in [-0.25, -0.2) is 4.98 Å². The molecule has 1 aliphatic carbocycles. The van der Waals surface area contributed by atoms with E-state index in [2.05, 4.69) is 50.9 Å². The summed E-state index contributed by atoms with van der Waals surface area (Å²) in [6.45, 7) is 5.30. The normalized spacial score (nSPS) is 16.2. The summed E-state index contributed by atoms with van der Waals surface area (Å²) in [6.07, 6.45) is 2.44. The molecule has 0 spiro atoms. The van der Waals surface area contributed by atoms with Crippen LogP contribution in [-0.4, -0.2) is 24.5 Å². The van der Waals surface area contributed by atoms with Gasteiger partial charge < -0.3 is 15.1 Å². The van der Waals surface area contributed by atoms with Gasteiger partial charge in [-0.3, -0.25) is 4.99 Å². The van der Waals surface area contributed by atoms with Crippen LogP contribution < -0.4 is 10.6 Å². The fourth-order valence-corrected chi connectivity index (χ4v) is 2.76. The highest BCUT2D eigenvalue weighted by Crippen LogP contribution is 2.47. The lowest BCUT2D eigenvalue weighted by Gasteiger charge is -2.18. The number of nitrogens with one attached hydrogen (secondary N) is 2. The molecule has 5 heteroatoms. The lowest BCUT2D eigenvalue weighted by atomic mass is 9.96. The molecule has 1 aromatic heterocycles. The monoisotopic (exact) mass is 312 g/mol. The van der Waals surface area contributed by atoms with Crippen LogP contribution in [0.4, 0.5) is 0 Å². The Balaban J connectivity index is 1.54. The zero-order valence-electron chi connectivity index (χ0n) is 14.0. The van der Waals surface area contributed by atoms with E-state index in [0.717, 1.165) is 24.0 Å². The van der Waals surface area contributed by atoms with Crippen LogP contribution in [0.25, 0.3) is 0 Å². The maximum Gasteiger partial charge on any atom is 0.214 e. The summed E-state index contributed by atoms with van der Waals surface area (Å²) in [5.74, 6) is 2.33. The third kappa shape index (κ3) is 3.55. The standard InChI is InChI=1S/C18H24N4O/c1-13-14(2)23-16(22-13)11-20-17(19-3)21-12-18(9-10-18)15-7-5-4-6-8-15/h4-8H,9-12H2,1-3H3,(H2,19,20,21). The van der Waals surface area contributed by atoms with Crippen LogP contribution in [0.5, 0.6) is 0 Å². The lowest BCUT2D eigenvalue weighted by molar-refractivity contribution is 0.463. The van der Waals surface area contributed by atoms with Crippen LogP contribution in [0.1, 0.15) is 35.7 Å². The molecular formula is C18H24N4O. The van der Waals surface area contributed by atoms with Crippen molar-refractivity contribution in [3.8, 4) is 0 Å². The second kappa shape index (κ2) is 6.44. The van der Waals surface area contributed by atoms with Crippen LogP contribution in [0.15, 0.2) is 39.7 Å². The largest absolute Gasteiger partial charge is 0.444 e. The molecule has 1 aromatic carbocycles. The molecule has 5 nitrogen and oxygen atoms in total. The Morgan fingerprint density at radius 1 is 1.22 bits per heavy atom. The van der Waals surface area contributed by atoms with Gasteiger partial charge in [0.25, 0.3) is 0 Å². The predicted octanol–water partition coefficient (Wildman–Crippen LogP) is 2.69. The van der Waals surface area contributed by atoms with Gasteiger partial charge in [-0.05, 0) is 32.3 Å². The van der Waals surface area contributed by atoms with Crippen molar-refractivity contribution < 1.29 is 4.42 Å². The van der Waals surface area contributed by atoms with Crippen LogP contribution >= 0.6 is 0 Å². The number of hydrogen-bond donors (Lipinski definition) is 2. The quantitative estimate of drug-likeness (QED) is 0.658. The minimum atomic E-state index is 0.259. The van der Waals surface area contributed by atoms with Crippen molar-refractivity contribution in [2.75, 3.05) is 13.6 Å². The highest BCUT2D eigenvalue weighted by atomic mass is 16.4. The van der Waals surface area contributed by atoms with Crippen molar-refractivity contribution in [1.82, 2.24) is 15.6 Å². The third-order valence-corrected chi connectivity index (χ3v) is 4.54. The maximum absolute atomic E-state index is 5.58. The van der Waals surface area contributed by atoms with Crippen molar-refractivity contribution >= 4 is 5.96 Å². The summed E-state index contributed by atoms with van der Waals surface area (Å²) >= 11 is 0. The lowest BCUT2D eigenvalue weighted by Crippen LogP contribution is -2.40. The summed E-state index contributed by atoms with van der Waals surface area (Å²) < 4.78 is 5.58. The van der Waals surface area contributed by atoms with Crippen molar-refractivity contribution in [1.29, 1.82) is 0 Å². The molecule has 0 unspecified atom stereocenters. The molecule has 0 atom stereocenters. The summed E-state index contributed by atoms with van der Waals surface area (Å²) in [5.41, 5.74) is 2.60. The molecule has 2 aromatic rings. The number of aryl methyl sites for hydroxylation is 2. The molecule has 23 heavy (non-hydrogen) atoms. The molecule has 0 radical (unpaired) electrons. The Bertz CT molecular complexity index is 667. The molecule has 1 saturated carbocycles. The fourth-order valence-electron chi connectivity index (χ4n) is 2.76. The summed E-state index contributed by atoms with van der Waals surface area (Å²) in [4.78, 5) is 8.66. The van der Waals surface area contributed by atoms with Gasteiger partial charge in [-0.2, -0.15) is 0 Å². The highest BCUT2D eigenvalue weighted by Gasteiger charge is 2.43. The van der Waals surface area contributed by atoms with E-state index in [1.165, 1.54) is 18.4 Å². The topological polar surface area (TPSA) is 62.5 Å². The Kier molecular flexibility index (Phi) is 4.37. The van der Waals surface area contributed by atoms with E-state index in [1.807, 2.05) is 13.8 Å². The smallest absolute Gasteiger partial charge is 0.214 e. The Morgan fingerprint density at radius 2 is 1.96 bits per heavy atom. The first-order valence-corrected chi connectivity index (χ1v) is 8.06. The zero-order valence-corrected chi connectivity index (χ0v) is 14.0. The Hall–Kier alpha value is -2.30. The summed E-state index contributed by atoms with van der Waals surface area (Å²) in [5, 5.41) is 6.69. The number of aliphatic imine (C=N–C) groups is 1. The second-order valence-electron chi connectivity index (χ2n) is 6.17. The number of guanidine groups is 1. The van der Waals surface area contributed by atoms with E-state index in [1.54, 1.807) is 7.05 Å². The molecule has 1 aliphatic rings. The Morgan fingerprint density at radius 3 is 2.52 bits per heavy atom. The first-order chi connectivity index (χ1) is 11.1. The van der Waals surface area contributed by atoms with E-state index < -0.39 is 0 Å². The van der Waals surface area contributed by atoms with Gasteiger partial charge in [-0.15, -0.1) is 0 Å². The van der Waals surface area contributed by atoms with Crippen LogP contribution in [-0.2, 0) is 12.0 Å². The van der Waals surface area contributed by atoms with Crippen molar-refractivity contribution in [3.05, 3.63) is 53.2 Å². The van der Waals surface area contributed by atoms with Gasteiger partial charge in [0.15, 0.2) is 5.96 Å². The van der Waals surface area contributed by atoms with Crippen LogP contribution in [0.2, 0.25) is 0 Å². The van der Waals surface area contributed by atoms with Crippen molar-refractivity contribution in [2.24, 2.45) is 4.99 Å². The van der Waals surface area contributed by atoms with E-state index in [9.17, 15) is 0 Å². The number of oxazole rings is 1. The average molecular weight is 312 g/mol. The van der Waals surface area contributed by atoms with Gasteiger partial charge in [0.2, 0.25) is 5.89 Å². The molecule has 1 fully saturated rings. The number of hydrogen-bond acceptors (Lipinski definition) is 3. The molecule has 2 N–H and O–H groups in total. The van der Waals surface area contributed by atoms with E-state index in [0.29, 0.717) is 12.4 Å². The average Bonchev–Trinajstić information content (AvgIpc) is 3.30. The highest BCUT2D eigenvalue weighted by molar-refractivity contribution is 5.79. The van der Waals surface area contributed by atoms with E-state index in [4.69, 9.17) is 4.42 Å². The van der Waals surface area contributed by atoms with Gasteiger partial charge in [0, 0.05) is 19.0 Å². The van der Waals surface area contributed by atoms with Crippen LogP contribution in [0, 0.1) is 13.8 Å². The summed E-state index contributed by atoms with van der Waals surface area (Å²) in [6, 6.07) is 10.7. The molecular weight excluding hydrogens is 288 g/mol. The zero-order chi connectivity index (χ0) is 16.3. The molecule has 1 heterocycles. The Labute approximate surface area is 137 Å². The van der Waals surface area contributed by atoms with E-state index in [-0.39, 0.29) is 5.41 Å². The number of aromatic nitrogens is 1. The maximum atomic E-state index is 5.58. The molecule has 3 rings (SSSR count). The minimum absolute atomic E-state index is 0.259. The van der Waals surface area contributed by atoms with E-state index >= 15 is 0 Å². The number of benzene rings is 1. The minimum Gasteiger partial charge on any atom is -0.444 e. The third-order valence-electron chi connectivity index (χ3n) is 4.54. The summed E-state index contributed by atoms with van der Waals surface area (Å²) in [7, 11) is 1.78. The molecule has 122 valence electrons. The van der Waals surface area contributed by atoms with Gasteiger partial charge in [0.1, 0.15) is 5.76 Å². The first kappa shape index (κ1) is 15.6. The second-order valence-corrected chi connectivity index (χ2v) is 6.17. The van der Waals surface area contributed by atoms with Crippen LogP contribution in [0.3, 0.4) is 0 Å². The van der Waals surface area contributed by atoms with Crippen molar-refractivity contribution in [2.45, 2.75) is 38.6 Å². The molecule has 0 bridgehead atoms. The molecule has 0 amide bonds. The van der Waals surface area contributed by atoms with Gasteiger partial charge >= 0.3 is 0 Å². The number of rotatable bonds is 5.